The fourth-order valence-electron chi connectivity index (χ4n) is 3.37. The van der Waals surface area contributed by atoms with Gasteiger partial charge in [-0.1, -0.05) is 13.3 Å². The Balaban J connectivity index is 2.07. The van der Waals surface area contributed by atoms with Crippen LogP contribution in [0.3, 0.4) is 0 Å². The Morgan fingerprint density at radius 1 is 1.42 bits per heavy atom. The number of fused-ring (bicyclic) bond motifs is 1. The molecular weight excluding hydrogens is 236 g/mol. The Bertz CT molecular complexity index is 561. The van der Waals surface area contributed by atoms with Gasteiger partial charge < -0.3 is 9.30 Å². The molecule has 2 heterocycles. The van der Waals surface area contributed by atoms with Crippen molar-refractivity contribution in [3.8, 4) is 0 Å². The molecule has 1 aliphatic rings. The topological polar surface area (TPSA) is 27.1 Å². The average Bonchev–Trinajstić information content (AvgIpc) is 3.04. The van der Waals surface area contributed by atoms with Crippen molar-refractivity contribution in [2.45, 2.75) is 51.2 Å². The molecule has 2 atom stereocenters. The van der Waals surface area contributed by atoms with E-state index in [-0.39, 0.29) is 0 Å². The van der Waals surface area contributed by atoms with Gasteiger partial charge in [-0.3, -0.25) is 0 Å². The maximum Gasteiger partial charge on any atom is 0.140 e. The van der Waals surface area contributed by atoms with E-state index in [1.807, 2.05) is 19.4 Å². The molecule has 0 spiro atoms. The third-order valence-corrected chi connectivity index (χ3v) is 4.27. The number of ether oxygens (including phenoxy) is 1. The van der Waals surface area contributed by atoms with Gasteiger partial charge in [0, 0.05) is 24.9 Å². The normalized spacial score (nSPS) is 23.3. The van der Waals surface area contributed by atoms with Crippen LogP contribution in [0.5, 0.6) is 0 Å². The molecule has 0 amide bonds. The summed E-state index contributed by atoms with van der Waals surface area (Å²) < 4.78 is 8.01. The maximum atomic E-state index is 5.65. The average molecular weight is 258 g/mol. The van der Waals surface area contributed by atoms with Crippen molar-refractivity contribution in [1.82, 2.24) is 9.55 Å². The van der Waals surface area contributed by atoms with Crippen LogP contribution < -0.4 is 0 Å². The fraction of sp³-hybridized carbons (Fsp3) is 0.562. The van der Waals surface area contributed by atoms with Gasteiger partial charge >= 0.3 is 0 Å². The van der Waals surface area contributed by atoms with E-state index in [1.54, 1.807) is 0 Å². The molecule has 3 rings (SSSR count). The van der Waals surface area contributed by atoms with E-state index in [1.165, 1.54) is 30.2 Å². The van der Waals surface area contributed by atoms with E-state index in [0.717, 1.165) is 18.5 Å². The molecule has 0 radical (unpaired) electrons. The standard InChI is InChI=1S/C16H22N2O/c1-3-6-12-11-18(14-8-4-9-15(14)19-2)16-13(12)7-5-10-17-16/h5,7,10-11,14-15H,3-4,6,8-9H2,1-2H3. The predicted molar refractivity (Wildman–Crippen MR) is 77.4 cm³/mol. The first-order valence-electron chi connectivity index (χ1n) is 7.32. The third-order valence-electron chi connectivity index (χ3n) is 4.27. The van der Waals surface area contributed by atoms with E-state index in [0.29, 0.717) is 12.1 Å². The number of pyridine rings is 1. The molecule has 0 saturated heterocycles. The fourth-order valence-corrected chi connectivity index (χ4v) is 3.37. The van der Waals surface area contributed by atoms with Crippen molar-refractivity contribution in [2.75, 3.05) is 7.11 Å². The Morgan fingerprint density at radius 3 is 3.11 bits per heavy atom. The molecule has 1 fully saturated rings. The highest BCUT2D eigenvalue weighted by molar-refractivity contribution is 5.80. The molecule has 2 aromatic heterocycles. The molecule has 0 aromatic carbocycles. The summed E-state index contributed by atoms with van der Waals surface area (Å²) in [5.74, 6) is 0. The second-order valence-corrected chi connectivity index (χ2v) is 5.46. The second-order valence-electron chi connectivity index (χ2n) is 5.46. The van der Waals surface area contributed by atoms with Crippen molar-refractivity contribution in [1.29, 1.82) is 0 Å². The smallest absolute Gasteiger partial charge is 0.140 e. The number of methoxy groups -OCH3 is 1. The molecule has 102 valence electrons. The molecular formula is C16H22N2O. The van der Waals surface area contributed by atoms with E-state index in [4.69, 9.17) is 4.74 Å². The van der Waals surface area contributed by atoms with Crippen LogP contribution in [0.25, 0.3) is 11.0 Å². The lowest BCUT2D eigenvalue weighted by Crippen LogP contribution is -2.20. The van der Waals surface area contributed by atoms with E-state index >= 15 is 0 Å². The SMILES string of the molecule is CCCc1cn(C2CCCC2OC)c2ncccc12. The van der Waals surface area contributed by atoms with Crippen LogP contribution in [-0.4, -0.2) is 22.8 Å². The molecule has 1 saturated carbocycles. The maximum absolute atomic E-state index is 5.65. The number of hydrogen-bond donors (Lipinski definition) is 0. The quantitative estimate of drug-likeness (QED) is 0.835. The number of aryl methyl sites for hydroxylation is 1. The molecule has 2 unspecified atom stereocenters. The van der Waals surface area contributed by atoms with Gasteiger partial charge in [0.25, 0.3) is 0 Å². The Labute approximate surface area is 114 Å². The minimum absolute atomic E-state index is 0.340. The van der Waals surface area contributed by atoms with Crippen molar-refractivity contribution < 1.29 is 4.74 Å². The van der Waals surface area contributed by atoms with Gasteiger partial charge in [0.2, 0.25) is 0 Å². The van der Waals surface area contributed by atoms with Gasteiger partial charge in [0.15, 0.2) is 0 Å². The Morgan fingerprint density at radius 2 is 2.32 bits per heavy atom. The van der Waals surface area contributed by atoms with Crippen molar-refractivity contribution >= 4 is 11.0 Å². The van der Waals surface area contributed by atoms with Crippen molar-refractivity contribution in [3.05, 3.63) is 30.1 Å². The van der Waals surface area contributed by atoms with Crippen LogP contribution in [0.4, 0.5) is 0 Å². The molecule has 1 aliphatic carbocycles. The summed E-state index contributed by atoms with van der Waals surface area (Å²) in [6, 6.07) is 4.68. The molecule has 0 bridgehead atoms. The first-order valence-corrected chi connectivity index (χ1v) is 7.32. The van der Waals surface area contributed by atoms with Gasteiger partial charge in [-0.25, -0.2) is 4.98 Å². The second kappa shape index (κ2) is 5.33. The summed E-state index contributed by atoms with van der Waals surface area (Å²) in [7, 11) is 1.83. The van der Waals surface area contributed by atoms with Crippen LogP contribution in [0.1, 0.15) is 44.2 Å². The zero-order valence-electron chi connectivity index (χ0n) is 11.8. The lowest BCUT2D eigenvalue weighted by molar-refractivity contribution is 0.0761. The first kappa shape index (κ1) is 12.7. The van der Waals surface area contributed by atoms with E-state index in [9.17, 15) is 0 Å². The first-order chi connectivity index (χ1) is 9.35. The van der Waals surface area contributed by atoms with Crippen molar-refractivity contribution in [3.63, 3.8) is 0 Å². The van der Waals surface area contributed by atoms with E-state index < -0.39 is 0 Å². The third kappa shape index (κ3) is 2.16. The summed E-state index contributed by atoms with van der Waals surface area (Å²) in [5, 5.41) is 1.31. The van der Waals surface area contributed by atoms with Gasteiger partial charge in [-0.2, -0.15) is 0 Å². The van der Waals surface area contributed by atoms with Crippen LogP contribution >= 0.6 is 0 Å². The molecule has 19 heavy (non-hydrogen) atoms. The Hall–Kier alpha value is -1.35. The molecule has 2 aromatic rings. The van der Waals surface area contributed by atoms with Gasteiger partial charge in [0.1, 0.15) is 5.65 Å². The zero-order valence-corrected chi connectivity index (χ0v) is 11.8. The summed E-state index contributed by atoms with van der Waals surface area (Å²) >= 11 is 0. The van der Waals surface area contributed by atoms with Crippen LogP contribution in [0.15, 0.2) is 24.5 Å². The highest BCUT2D eigenvalue weighted by atomic mass is 16.5. The Kier molecular flexibility index (Phi) is 3.56. The van der Waals surface area contributed by atoms with Gasteiger partial charge in [-0.15, -0.1) is 0 Å². The summed E-state index contributed by atoms with van der Waals surface area (Å²) in [5.41, 5.74) is 2.55. The lowest BCUT2D eigenvalue weighted by Gasteiger charge is -2.20. The number of hydrogen-bond acceptors (Lipinski definition) is 2. The molecule has 0 aliphatic heterocycles. The minimum atomic E-state index is 0.340. The van der Waals surface area contributed by atoms with Gasteiger partial charge in [-0.05, 0) is 43.4 Å². The highest BCUT2D eigenvalue weighted by Crippen LogP contribution is 2.35. The zero-order chi connectivity index (χ0) is 13.2. The predicted octanol–water partition coefficient (Wildman–Crippen LogP) is 3.73. The number of nitrogens with zero attached hydrogens (tertiary/aromatic N) is 2. The molecule has 3 nitrogen and oxygen atoms in total. The van der Waals surface area contributed by atoms with Crippen molar-refractivity contribution in [2.24, 2.45) is 0 Å². The highest BCUT2D eigenvalue weighted by Gasteiger charge is 2.30. The lowest BCUT2D eigenvalue weighted by atomic mass is 10.1. The molecule has 0 N–H and O–H groups in total. The molecule has 3 heteroatoms. The summed E-state index contributed by atoms with van der Waals surface area (Å²) in [4.78, 5) is 4.60. The minimum Gasteiger partial charge on any atom is -0.379 e. The summed E-state index contributed by atoms with van der Waals surface area (Å²) in [6.45, 7) is 2.23. The monoisotopic (exact) mass is 258 g/mol. The van der Waals surface area contributed by atoms with Crippen LogP contribution in [0, 0.1) is 0 Å². The number of aromatic nitrogens is 2. The number of rotatable bonds is 4. The van der Waals surface area contributed by atoms with Gasteiger partial charge in [0.05, 0.1) is 12.1 Å². The van der Waals surface area contributed by atoms with Crippen LogP contribution in [-0.2, 0) is 11.2 Å². The summed E-state index contributed by atoms with van der Waals surface area (Å²) in [6.07, 6.45) is 10.5. The van der Waals surface area contributed by atoms with E-state index in [2.05, 4.69) is 28.7 Å². The van der Waals surface area contributed by atoms with Crippen LogP contribution in [0.2, 0.25) is 0 Å². The largest absolute Gasteiger partial charge is 0.379 e.